The van der Waals surface area contributed by atoms with Crippen LogP contribution in [0.1, 0.15) is 32.8 Å². The lowest BCUT2D eigenvalue weighted by molar-refractivity contribution is -0.0440. The van der Waals surface area contributed by atoms with E-state index in [1.54, 1.807) is 12.0 Å². The third kappa shape index (κ3) is 2.97. The second kappa shape index (κ2) is 5.56. The number of hydrogen-bond donors (Lipinski definition) is 1. The standard InChI is InChI=1S/C16H24N2O3/c1-15(2,3)21-14(19)18-10-9-16(18,11-17)12-5-7-13(20-4)8-6-12/h5-8H,9-11,17H2,1-4H3. The topological polar surface area (TPSA) is 64.8 Å². The highest BCUT2D eigenvalue weighted by molar-refractivity contribution is 5.71. The maximum atomic E-state index is 12.3. The van der Waals surface area contributed by atoms with Gasteiger partial charge in [-0.15, -0.1) is 0 Å². The first-order chi connectivity index (χ1) is 9.82. The molecule has 0 radical (unpaired) electrons. The molecule has 2 N–H and O–H groups in total. The highest BCUT2D eigenvalue weighted by atomic mass is 16.6. The number of nitrogens with zero attached hydrogens (tertiary/aromatic N) is 1. The number of likely N-dealkylation sites (tertiary alicyclic amines) is 1. The molecule has 1 heterocycles. The van der Waals surface area contributed by atoms with Crippen LogP contribution in [0.5, 0.6) is 5.75 Å². The number of methoxy groups -OCH3 is 1. The molecule has 1 aromatic rings. The molecule has 21 heavy (non-hydrogen) atoms. The lowest BCUT2D eigenvalue weighted by atomic mass is 9.78. The van der Waals surface area contributed by atoms with Gasteiger partial charge in [-0.05, 0) is 44.9 Å². The Morgan fingerprint density at radius 1 is 1.33 bits per heavy atom. The lowest BCUT2D eigenvalue weighted by Crippen LogP contribution is -2.63. The van der Waals surface area contributed by atoms with E-state index in [9.17, 15) is 4.79 Å². The summed E-state index contributed by atoms with van der Waals surface area (Å²) in [5.74, 6) is 0.786. The van der Waals surface area contributed by atoms with Gasteiger partial charge in [-0.3, -0.25) is 4.90 Å². The van der Waals surface area contributed by atoms with Gasteiger partial charge in [0.25, 0.3) is 0 Å². The number of rotatable bonds is 3. The van der Waals surface area contributed by atoms with Gasteiger partial charge in [0.05, 0.1) is 12.6 Å². The Bertz CT molecular complexity index is 503. The van der Waals surface area contributed by atoms with Gasteiger partial charge in [-0.25, -0.2) is 4.79 Å². The average Bonchev–Trinajstić information content (AvgIpc) is 2.37. The van der Waals surface area contributed by atoms with Gasteiger partial charge in [0, 0.05) is 13.1 Å². The zero-order valence-corrected chi connectivity index (χ0v) is 13.2. The normalized spacial score (nSPS) is 21.7. The summed E-state index contributed by atoms with van der Waals surface area (Å²) in [4.78, 5) is 14.1. The third-order valence-electron chi connectivity index (χ3n) is 3.84. The van der Waals surface area contributed by atoms with Crippen molar-refractivity contribution in [2.24, 2.45) is 5.73 Å². The third-order valence-corrected chi connectivity index (χ3v) is 3.84. The predicted octanol–water partition coefficient (Wildman–Crippen LogP) is 2.49. The van der Waals surface area contributed by atoms with Crippen molar-refractivity contribution in [3.05, 3.63) is 29.8 Å². The Labute approximate surface area is 126 Å². The van der Waals surface area contributed by atoms with Crippen LogP contribution < -0.4 is 10.5 Å². The molecule has 0 bridgehead atoms. The second-order valence-corrected chi connectivity index (χ2v) is 6.35. The number of hydrogen-bond acceptors (Lipinski definition) is 4. The highest BCUT2D eigenvalue weighted by Gasteiger charge is 2.49. The Morgan fingerprint density at radius 3 is 2.33 bits per heavy atom. The smallest absolute Gasteiger partial charge is 0.411 e. The van der Waals surface area contributed by atoms with E-state index in [2.05, 4.69) is 0 Å². The molecular formula is C16H24N2O3. The van der Waals surface area contributed by atoms with Crippen molar-refractivity contribution in [2.75, 3.05) is 20.2 Å². The van der Waals surface area contributed by atoms with Crippen LogP contribution in [0.4, 0.5) is 4.79 Å². The van der Waals surface area contributed by atoms with Crippen LogP contribution in [0, 0.1) is 0 Å². The molecule has 1 unspecified atom stereocenters. The minimum atomic E-state index is -0.507. The molecule has 1 amide bonds. The van der Waals surface area contributed by atoms with Crippen molar-refractivity contribution in [1.82, 2.24) is 4.90 Å². The Morgan fingerprint density at radius 2 is 1.95 bits per heavy atom. The molecule has 0 aliphatic carbocycles. The molecule has 5 nitrogen and oxygen atoms in total. The molecule has 1 aliphatic rings. The Balaban J connectivity index is 2.22. The maximum Gasteiger partial charge on any atom is 0.411 e. The van der Waals surface area contributed by atoms with Crippen molar-refractivity contribution in [1.29, 1.82) is 0 Å². The Hall–Kier alpha value is -1.75. The Kier molecular flexibility index (Phi) is 4.14. The summed E-state index contributed by atoms with van der Waals surface area (Å²) in [7, 11) is 1.63. The monoisotopic (exact) mass is 292 g/mol. The van der Waals surface area contributed by atoms with Crippen LogP contribution in [0.15, 0.2) is 24.3 Å². The average molecular weight is 292 g/mol. The van der Waals surface area contributed by atoms with Crippen molar-refractivity contribution < 1.29 is 14.3 Å². The number of amides is 1. The number of ether oxygens (including phenoxy) is 2. The number of nitrogens with two attached hydrogens (primary N) is 1. The van der Waals surface area contributed by atoms with Crippen LogP contribution in [0.25, 0.3) is 0 Å². The highest BCUT2D eigenvalue weighted by Crippen LogP contribution is 2.41. The summed E-state index contributed by atoms with van der Waals surface area (Å²) in [5, 5.41) is 0. The molecule has 2 rings (SSSR count). The zero-order chi connectivity index (χ0) is 15.7. The van der Waals surface area contributed by atoms with Gasteiger partial charge in [0.15, 0.2) is 0 Å². The van der Waals surface area contributed by atoms with E-state index in [4.69, 9.17) is 15.2 Å². The van der Waals surface area contributed by atoms with Gasteiger partial charge >= 0.3 is 6.09 Å². The maximum absolute atomic E-state index is 12.3. The number of benzene rings is 1. The van der Waals surface area contributed by atoms with Crippen LogP contribution >= 0.6 is 0 Å². The molecular weight excluding hydrogens is 268 g/mol. The summed E-state index contributed by atoms with van der Waals surface area (Å²) >= 11 is 0. The fourth-order valence-electron chi connectivity index (χ4n) is 2.61. The van der Waals surface area contributed by atoms with E-state index in [1.165, 1.54) is 0 Å². The molecule has 5 heteroatoms. The predicted molar refractivity (Wildman–Crippen MR) is 81.3 cm³/mol. The quantitative estimate of drug-likeness (QED) is 0.929. The van der Waals surface area contributed by atoms with Crippen LogP contribution in [-0.4, -0.2) is 36.8 Å². The number of carbonyl (C=O) groups is 1. The van der Waals surface area contributed by atoms with E-state index in [-0.39, 0.29) is 6.09 Å². The van der Waals surface area contributed by atoms with Crippen molar-refractivity contribution in [3.8, 4) is 5.75 Å². The first-order valence-electron chi connectivity index (χ1n) is 7.17. The molecule has 116 valence electrons. The molecule has 0 spiro atoms. The largest absolute Gasteiger partial charge is 0.497 e. The molecule has 1 aromatic carbocycles. The molecule has 0 saturated carbocycles. The first kappa shape index (κ1) is 15.6. The lowest BCUT2D eigenvalue weighted by Gasteiger charge is -2.52. The van der Waals surface area contributed by atoms with Crippen LogP contribution in [-0.2, 0) is 10.3 Å². The molecule has 1 saturated heterocycles. The zero-order valence-electron chi connectivity index (χ0n) is 13.2. The van der Waals surface area contributed by atoms with Crippen molar-refractivity contribution in [2.45, 2.75) is 38.3 Å². The summed E-state index contributed by atoms with van der Waals surface area (Å²) in [6, 6.07) is 7.70. The van der Waals surface area contributed by atoms with E-state index >= 15 is 0 Å². The van der Waals surface area contributed by atoms with Crippen molar-refractivity contribution >= 4 is 6.09 Å². The molecule has 1 fully saturated rings. The van der Waals surface area contributed by atoms with Gasteiger partial charge in [0.2, 0.25) is 0 Å². The molecule has 1 aliphatic heterocycles. The summed E-state index contributed by atoms with van der Waals surface area (Å²) in [5.41, 5.74) is 6.03. The van der Waals surface area contributed by atoms with Crippen molar-refractivity contribution in [3.63, 3.8) is 0 Å². The van der Waals surface area contributed by atoms with E-state index < -0.39 is 11.1 Å². The SMILES string of the molecule is COc1ccc(C2(CN)CCN2C(=O)OC(C)(C)C)cc1. The number of carbonyl (C=O) groups excluding carboxylic acids is 1. The van der Waals surface area contributed by atoms with E-state index in [0.29, 0.717) is 13.1 Å². The first-order valence-corrected chi connectivity index (χ1v) is 7.17. The summed E-state index contributed by atoms with van der Waals surface area (Å²) in [6.45, 7) is 6.63. The van der Waals surface area contributed by atoms with E-state index in [1.807, 2.05) is 45.0 Å². The molecule has 1 atom stereocenters. The second-order valence-electron chi connectivity index (χ2n) is 6.35. The summed E-state index contributed by atoms with van der Waals surface area (Å²) < 4.78 is 10.6. The summed E-state index contributed by atoms with van der Waals surface area (Å²) in [6.07, 6.45) is 0.532. The van der Waals surface area contributed by atoms with Crippen LogP contribution in [0.2, 0.25) is 0 Å². The van der Waals surface area contributed by atoms with Gasteiger partial charge in [0.1, 0.15) is 11.4 Å². The minimum absolute atomic E-state index is 0.310. The van der Waals surface area contributed by atoms with Gasteiger partial charge in [-0.2, -0.15) is 0 Å². The van der Waals surface area contributed by atoms with Gasteiger partial charge < -0.3 is 15.2 Å². The van der Waals surface area contributed by atoms with E-state index in [0.717, 1.165) is 17.7 Å². The minimum Gasteiger partial charge on any atom is -0.497 e. The van der Waals surface area contributed by atoms with Gasteiger partial charge in [-0.1, -0.05) is 12.1 Å². The van der Waals surface area contributed by atoms with Crippen LogP contribution in [0.3, 0.4) is 0 Å². The fourth-order valence-corrected chi connectivity index (χ4v) is 2.61. The molecule has 0 aromatic heterocycles. The fraction of sp³-hybridized carbons (Fsp3) is 0.562.